The molecule has 1 aliphatic rings. The third kappa shape index (κ3) is 4.29. The summed E-state index contributed by atoms with van der Waals surface area (Å²) < 4.78 is 5.13. The van der Waals surface area contributed by atoms with E-state index >= 15 is 0 Å². The van der Waals surface area contributed by atoms with Crippen molar-refractivity contribution in [1.29, 1.82) is 0 Å². The normalized spacial score (nSPS) is 13.3. The number of carbonyl (C=O) groups is 1. The Hall–Kier alpha value is -2.40. The van der Waals surface area contributed by atoms with Crippen molar-refractivity contribution >= 4 is 34.7 Å². The molecule has 3 N–H and O–H groups in total. The Balaban J connectivity index is 1.60. The van der Waals surface area contributed by atoms with Gasteiger partial charge in [0.15, 0.2) is 0 Å². The van der Waals surface area contributed by atoms with Gasteiger partial charge in [0.1, 0.15) is 5.75 Å². The number of methoxy groups -OCH3 is 1. The monoisotopic (exact) mass is 331 g/mol. The minimum atomic E-state index is -0.157. The third-order valence-electron chi connectivity index (χ3n) is 3.50. The van der Waals surface area contributed by atoms with E-state index in [1.54, 1.807) is 13.2 Å². The number of halogens is 1. The van der Waals surface area contributed by atoms with Crippen molar-refractivity contribution in [3.05, 3.63) is 47.5 Å². The zero-order chi connectivity index (χ0) is 16.2. The van der Waals surface area contributed by atoms with Crippen molar-refractivity contribution in [1.82, 2.24) is 5.32 Å². The van der Waals surface area contributed by atoms with Crippen molar-refractivity contribution in [2.75, 3.05) is 17.7 Å². The maximum absolute atomic E-state index is 11.7. The van der Waals surface area contributed by atoms with Crippen LogP contribution in [0, 0.1) is 0 Å². The van der Waals surface area contributed by atoms with E-state index in [0.717, 1.165) is 29.9 Å². The second kappa shape index (κ2) is 6.79. The molecule has 1 fully saturated rings. The van der Waals surface area contributed by atoms with Gasteiger partial charge in [-0.25, -0.2) is 4.79 Å². The summed E-state index contributed by atoms with van der Waals surface area (Å²) >= 11 is 6.11. The first-order valence-corrected chi connectivity index (χ1v) is 7.80. The molecule has 2 amide bonds. The molecule has 0 radical (unpaired) electrons. The summed E-state index contributed by atoms with van der Waals surface area (Å²) in [5, 5.41) is 9.49. The third-order valence-corrected chi connectivity index (χ3v) is 3.79. The Labute approximate surface area is 140 Å². The lowest BCUT2D eigenvalue weighted by molar-refractivity contribution is 0.251. The Morgan fingerprint density at radius 2 is 1.74 bits per heavy atom. The van der Waals surface area contributed by atoms with E-state index in [1.165, 1.54) is 0 Å². The van der Waals surface area contributed by atoms with Crippen LogP contribution in [0.1, 0.15) is 12.8 Å². The Morgan fingerprint density at radius 1 is 1.09 bits per heavy atom. The molecule has 0 spiro atoms. The molecule has 1 saturated carbocycles. The first-order chi connectivity index (χ1) is 11.1. The van der Waals surface area contributed by atoms with E-state index in [1.807, 2.05) is 36.4 Å². The molecule has 0 saturated heterocycles. The number of amides is 2. The summed E-state index contributed by atoms with van der Waals surface area (Å²) in [6, 6.07) is 13.2. The first-order valence-electron chi connectivity index (χ1n) is 7.42. The van der Waals surface area contributed by atoms with E-state index in [-0.39, 0.29) is 6.03 Å². The van der Waals surface area contributed by atoms with E-state index in [4.69, 9.17) is 16.3 Å². The minimum Gasteiger partial charge on any atom is -0.495 e. The Morgan fingerprint density at radius 3 is 2.35 bits per heavy atom. The predicted octanol–water partition coefficient (Wildman–Crippen LogP) is 4.38. The Bertz CT molecular complexity index is 699. The van der Waals surface area contributed by atoms with Crippen LogP contribution in [0.25, 0.3) is 0 Å². The smallest absolute Gasteiger partial charge is 0.319 e. The molecule has 0 unspecified atom stereocenters. The van der Waals surface area contributed by atoms with Crippen LogP contribution in [0.2, 0.25) is 5.02 Å². The fourth-order valence-electron chi connectivity index (χ4n) is 2.13. The van der Waals surface area contributed by atoms with E-state index in [9.17, 15) is 4.79 Å². The first kappa shape index (κ1) is 15.5. The number of hydrogen-bond acceptors (Lipinski definition) is 3. The van der Waals surface area contributed by atoms with Crippen LogP contribution in [-0.4, -0.2) is 19.2 Å². The van der Waals surface area contributed by atoms with Crippen molar-refractivity contribution < 1.29 is 9.53 Å². The highest BCUT2D eigenvalue weighted by molar-refractivity contribution is 6.32. The molecule has 5 nitrogen and oxygen atoms in total. The number of anilines is 3. The predicted molar refractivity (Wildman–Crippen MR) is 92.9 cm³/mol. The number of rotatable bonds is 5. The summed E-state index contributed by atoms with van der Waals surface area (Å²) in [4.78, 5) is 11.7. The van der Waals surface area contributed by atoms with Crippen LogP contribution in [0.3, 0.4) is 0 Å². The van der Waals surface area contributed by atoms with Crippen LogP contribution in [0.5, 0.6) is 5.75 Å². The molecule has 6 heteroatoms. The largest absolute Gasteiger partial charge is 0.495 e. The molecule has 0 atom stereocenters. The highest BCUT2D eigenvalue weighted by Gasteiger charge is 2.23. The second-order valence-electron chi connectivity index (χ2n) is 5.42. The van der Waals surface area contributed by atoms with Crippen molar-refractivity contribution in [2.24, 2.45) is 0 Å². The van der Waals surface area contributed by atoms with E-state index in [0.29, 0.717) is 16.8 Å². The lowest BCUT2D eigenvalue weighted by Gasteiger charge is -2.10. The average molecular weight is 332 g/mol. The molecule has 3 rings (SSSR count). The topological polar surface area (TPSA) is 62.4 Å². The van der Waals surface area contributed by atoms with Gasteiger partial charge in [-0.2, -0.15) is 0 Å². The molecule has 0 heterocycles. The summed E-state index contributed by atoms with van der Waals surface area (Å²) in [5.74, 6) is 0.637. The quantitative estimate of drug-likeness (QED) is 0.762. The maximum Gasteiger partial charge on any atom is 0.319 e. The zero-order valence-corrected chi connectivity index (χ0v) is 13.5. The summed E-state index contributed by atoms with van der Waals surface area (Å²) in [6.45, 7) is 0. The van der Waals surface area contributed by atoms with Crippen molar-refractivity contribution in [3.8, 4) is 5.75 Å². The fraction of sp³-hybridized carbons (Fsp3) is 0.235. The van der Waals surface area contributed by atoms with Gasteiger partial charge in [-0.05, 0) is 55.3 Å². The van der Waals surface area contributed by atoms with Gasteiger partial charge in [-0.3, -0.25) is 0 Å². The molecule has 1 aliphatic carbocycles. The minimum absolute atomic E-state index is 0.157. The molecule has 0 aromatic heterocycles. The van der Waals surface area contributed by atoms with E-state index in [2.05, 4.69) is 16.0 Å². The Kier molecular flexibility index (Phi) is 4.57. The van der Waals surface area contributed by atoms with Crippen molar-refractivity contribution in [2.45, 2.75) is 18.9 Å². The number of hydrogen-bond donors (Lipinski definition) is 3. The van der Waals surface area contributed by atoms with Gasteiger partial charge in [0.05, 0.1) is 12.1 Å². The van der Waals surface area contributed by atoms with Gasteiger partial charge in [-0.1, -0.05) is 11.6 Å². The highest BCUT2D eigenvalue weighted by atomic mass is 35.5. The van der Waals surface area contributed by atoms with Crippen LogP contribution in [0.15, 0.2) is 42.5 Å². The molecule has 2 aromatic rings. The summed E-state index contributed by atoms with van der Waals surface area (Å²) in [7, 11) is 1.58. The SMILES string of the molecule is COc1ccc(Nc2ccc(NC(=O)NC3CC3)cc2)cc1Cl. The van der Waals surface area contributed by atoms with Gasteiger partial charge in [0.2, 0.25) is 0 Å². The van der Waals surface area contributed by atoms with Gasteiger partial charge in [0, 0.05) is 23.1 Å². The number of carbonyl (C=O) groups excluding carboxylic acids is 1. The fourth-order valence-corrected chi connectivity index (χ4v) is 2.39. The molecular weight excluding hydrogens is 314 g/mol. The van der Waals surface area contributed by atoms with Crippen LogP contribution < -0.4 is 20.7 Å². The maximum atomic E-state index is 11.7. The van der Waals surface area contributed by atoms with Gasteiger partial charge in [-0.15, -0.1) is 0 Å². The van der Waals surface area contributed by atoms with Gasteiger partial charge >= 0.3 is 6.03 Å². The molecule has 2 aromatic carbocycles. The summed E-state index contributed by atoms with van der Waals surface area (Å²) in [6.07, 6.45) is 2.14. The average Bonchev–Trinajstić information content (AvgIpc) is 3.33. The summed E-state index contributed by atoms with van der Waals surface area (Å²) in [5.41, 5.74) is 2.52. The molecule has 120 valence electrons. The lowest BCUT2D eigenvalue weighted by atomic mass is 10.2. The number of benzene rings is 2. The van der Waals surface area contributed by atoms with Crippen LogP contribution in [0.4, 0.5) is 21.9 Å². The van der Waals surface area contributed by atoms with Crippen molar-refractivity contribution in [3.63, 3.8) is 0 Å². The lowest BCUT2D eigenvalue weighted by Crippen LogP contribution is -2.30. The standard InChI is InChI=1S/C17H18ClN3O2/c1-23-16-9-8-14(10-15(16)18)19-11-2-4-12(5-3-11)20-17(22)21-13-6-7-13/h2-5,8-10,13,19H,6-7H2,1H3,(H2,20,21,22). The number of urea groups is 1. The molecule has 23 heavy (non-hydrogen) atoms. The zero-order valence-electron chi connectivity index (χ0n) is 12.7. The van der Waals surface area contributed by atoms with Crippen LogP contribution in [-0.2, 0) is 0 Å². The van der Waals surface area contributed by atoms with Gasteiger partial charge in [0.25, 0.3) is 0 Å². The van der Waals surface area contributed by atoms with E-state index < -0.39 is 0 Å². The van der Waals surface area contributed by atoms with Gasteiger partial charge < -0.3 is 20.7 Å². The second-order valence-corrected chi connectivity index (χ2v) is 5.83. The number of ether oxygens (including phenoxy) is 1. The molecule has 0 bridgehead atoms. The number of nitrogens with one attached hydrogen (secondary N) is 3. The van der Waals surface area contributed by atoms with Crippen LogP contribution >= 0.6 is 11.6 Å². The molecule has 0 aliphatic heterocycles. The highest BCUT2D eigenvalue weighted by Crippen LogP contribution is 2.29. The molecular formula is C17H18ClN3O2.